The highest BCUT2D eigenvalue weighted by Gasteiger charge is 2.19. The number of primary amides is 1. The van der Waals surface area contributed by atoms with Crippen molar-refractivity contribution in [3.63, 3.8) is 0 Å². The molecule has 12 heavy (non-hydrogen) atoms. The molecule has 0 spiro atoms. The number of hydrogen-bond donors (Lipinski definition) is 2. The fourth-order valence-electron chi connectivity index (χ4n) is 1.03. The van der Waals surface area contributed by atoms with Crippen LogP contribution >= 0.6 is 0 Å². The Morgan fingerprint density at radius 2 is 2.08 bits per heavy atom. The van der Waals surface area contributed by atoms with Crippen LogP contribution in [0.1, 0.15) is 20.3 Å². The van der Waals surface area contributed by atoms with Crippen molar-refractivity contribution in [1.82, 2.24) is 5.32 Å². The van der Waals surface area contributed by atoms with Crippen LogP contribution in [-0.2, 0) is 4.79 Å². The number of carbonyl (C=O) groups excluding carboxylic acids is 1. The molecule has 0 unspecified atom stereocenters. The number of rotatable bonds is 5. The van der Waals surface area contributed by atoms with Crippen LogP contribution in [0.15, 0.2) is 12.3 Å². The molecule has 1 atom stereocenters. The highest BCUT2D eigenvalue weighted by molar-refractivity contribution is 5.77. The molecule has 0 rings (SSSR count). The predicted octanol–water partition coefficient (Wildman–Crippen LogP) is 0.867. The number of nitrogens with two attached hydrogens (primary N) is 1. The molecule has 70 valence electrons. The lowest BCUT2D eigenvalue weighted by Crippen LogP contribution is -2.29. The lowest BCUT2D eigenvalue weighted by molar-refractivity contribution is -0.123. The molecule has 0 saturated heterocycles. The van der Waals surface area contributed by atoms with Crippen molar-refractivity contribution in [2.45, 2.75) is 20.3 Å². The Balaban J connectivity index is 4.14. The highest BCUT2D eigenvalue weighted by atomic mass is 16.1. The summed E-state index contributed by atoms with van der Waals surface area (Å²) < 4.78 is 0. The Kier molecular flexibility index (Phi) is 4.40. The zero-order valence-corrected chi connectivity index (χ0v) is 8.05. The third-order valence-corrected chi connectivity index (χ3v) is 1.99. The van der Waals surface area contributed by atoms with Gasteiger partial charge >= 0.3 is 0 Å². The summed E-state index contributed by atoms with van der Waals surface area (Å²) in [5.41, 5.74) is 6.09. The fraction of sp³-hybridized carbons (Fsp3) is 0.667. The molecular weight excluding hydrogens is 152 g/mol. The van der Waals surface area contributed by atoms with E-state index in [9.17, 15) is 4.79 Å². The Hall–Kier alpha value is -0.990. The van der Waals surface area contributed by atoms with Gasteiger partial charge in [-0.05, 0) is 12.3 Å². The van der Waals surface area contributed by atoms with E-state index in [2.05, 4.69) is 11.9 Å². The second-order valence-electron chi connectivity index (χ2n) is 3.31. The van der Waals surface area contributed by atoms with E-state index in [0.717, 1.165) is 5.70 Å². The molecule has 0 aromatic rings. The average Bonchev–Trinajstić information content (AvgIpc) is 1.98. The van der Waals surface area contributed by atoms with E-state index in [1.807, 2.05) is 13.8 Å². The van der Waals surface area contributed by atoms with E-state index < -0.39 is 0 Å². The van der Waals surface area contributed by atoms with E-state index in [-0.39, 0.29) is 17.7 Å². The summed E-state index contributed by atoms with van der Waals surface area (Å²) in [6, 6.07) is 0. The average molecular weight is 170 g/mol. The molecule has 0 fully saturated rings. The summed E-state index contributed by atoms with van der Waals surface area (Å²) in [7, 11) is 1.79. The third-order valence-electron chi connectivity index (χ3n) is 1.99. The number of carbonyl (C=O) groups is 1. The smallest absolute Gasteiger partial charge is 0.221 e. The zero-order chi connectivity index (χ0) is 9.72. The van der Waals surface area contributed by atoms with E-state index in [1.165, 1.54) is 0 Å². The van der Waals surface area contributed by atoms with Gasteiger partial charge in [0, 0.05) is 18.7 Å². The predicted molar refractivity (Wildman–Crippen MR) is 50.3 cm³/mol. The maximum atomic E-state index is 10.9. The number of nitrogens with one attached hydrogen (secondary N) is 1. The van der Waals surface area contributed by atoms with Gasteiger partial charge in [0.15, 0.2) is 0 Å². The summed E-state index contributed by atoms with van der Waals surface area (Å²) >= 11 is 0. The normalized spacial score (nSPS) is 12.7. The summed E-state index contributed by atoms with van der Waals surface area (Å²) in [5, 5.41) is 2.90. The van der Waals surface area contributed by atoms with E-state index in [0.29, 0.717) is 6.42 Å². The highest BCUT2D eigenvalue weighted by Crippen LogP contribution is 2.17. The maximum absolute atomic E-state index is 10.9. The van der Waals surface area contributed by atoms with Crippen LogP contribution in [0.4, 0.5) is 0 Å². The van der Waals surface area contributed by atoms with Crippen molar-refractivity contribution in [3.05, 3.63) is 12.3 Å². The van der Waals surface area contributed by atoms with Gasteiger partial charge in [-0.1, -0.05) is 20.4 Å². The lowest BCUT2D eigenvalue weighted by atomic mass is 9.91. The Morgan fingerprint density at radius 1 is 1.58 bits per heavy atom. The van der Waals surface area contributed by atoms with Crippen molar-refractivity contribution in [1.29, 1.82) is 0 Å². The molecule has 0 aromatic heterocycles. The summed E-state index contributed by atoms with van der Waals surface area (Å²) in [4.78, 5) is 10.9. The second kappa shape index (κ2) is 4.80. The first kappa shape index (κ1) is 11.0. The van der Waals surface area contributed by atoms with Gasteiger partial charge in [0.2, 0.25) is 5.91 Å². The molecule has 1 amide bonds. The van der Waals surface area contributed by atoms with Crippen molar-refractivity contribution in [3.8, 4) is 0 Å². The molecule has 0 aliphatic heterocycles. The summed E-state index contributed by atoms with van der Waals surface area (Å²) in [6.07, 6.45) is 0.628. The third kappa shape index (κ3) is 3.42. The van der Waals surface area contributed by atoms with Crippen LogP contribution in [0.3, 0.4) is 0 Å². The first-order valence-corrected chi connectivity index (χ1v) is 4.13. The van der Waals surface area contributed by atoms with Crippen LogP contribution in [0.2, 0.25) is 0 Å². The molecule has 0 radical (unpaired) electrons. The fourth-order valence-corrected chi connectivity index (χ4v) is 1.03. The Bertz CT molecular complexity index is 175. The molecule has 0 aliphatic carbocycles. The minimum absolute atomic E-state index is 0.107. The molecule has 0 heterocycles. The molecule has 0 aliphatic rings. The van der Waals surface area contributed by atoms with Gasteiger partial charge in [0.25, 0.3) is 0 Å². The van der Waals surface area contributed by atoms with Crippen LogP contribution in [0, 0.1) is 11.8 Å². The van der Waals surface area contributed by atoms with Gasteiger partial charge in [0.05, 0.1) is 0 Å². The Labute approximate surface area is 74.0 Å². The van der Waals surface area contributed by atoms with Crippen LogP contribution < -0.4 is 11.1 Å². The summed E-state index contributed by atoms with van der Waals surface area (Å²) in [5.74, 6) is -0.0843. The van der Waals surface area contributed by atoms with E-state index in [4.69, 9.17) is 5.73 Å². The number of hydrogen-bond acceptors (Lipinski definition) is 2. The van der Waals surface area contributed by atoms with Crippen LogP contribution in [-0.4, -0.2) is 13.0 Å². The molecule has 3 N–H and O–H groups in total. The van der Waals surface area contributed by atoms with Gasteiger partial charge in [-0.25, -0.2) is 0 Å². The van der Waals surface area contributed by atoms with E-state index in [1.54, 1.807) is 7.05 Å². The summed E-state index contributed by atoms with van der Waals surface area (Å²) in [6.45, 7) is 7.73. The topological polar surface area (TPSA) is 55.1 Å². The molecule has 3 heteroatoms. The minimum atomic E-state index is -0.249. The van der Waals surface area contributed by atoms with E-state index >= 15 is 0 Å². The quantitative estimate of drug-likeness (QED) is 0.643. The maximum Gasteiger partial charge on any atom is 0.221 e. The number of allylic oxidation sites excluding steroid dienone is 1. The monoisotopic (exact) mass is 170 g/mol. The molecule has 0 bridgehead atoms. The largest absolute Gasteiger partial charge is 0.392 e. The first-order chi connectivity index (χ1) is 5.49. The molecule has 0 aromatic carbocycles. The molecule has 0 saturated carbocycles. The molecular formula is C9H18N2O. The van der Waals surface area contributed by atoms with Gasteiger partial charge in [0.1, 0.15) is 0 Å². The van der Waals surface area contributed by atoms with Gasteiger partial charge < -0.3 is 11.1 Å². The minimum Gasteiger partial charge on any atom is -0.392 e. The van der Waals surface area contributed by atoms with Crippen molar-refractivity contribution < 1.29 is 4.79 Å². The number of amides is 1. The first-order valence-electron chi connectivity index (χ1n) is 4.13. The van der Waals surface area contributed by atoms with Gasteiger partial charge in [-0.3, -0.25) is 4.79 Å². The van der Waals surface area contributed by atoms with Crippen molar-refractivity contribution in [2.24, 2.45) is 17.6 Å². The van der Waals surface area contributed by atoms with Gasteiger partial charge in [-0.15, -0.1) is 0 Å². The van der Waals surface area contributed by atoms with Crippen LogP contribution in [0.25, 0.3) is 0 Å². The second-order valence-corrected chi connectivity index (χ2v) is 3.31. The SMILES string of the molecule is C=C(C[C@@H](C(N)=O)C(C)C)NC. The lowest BCUT2D eigenvalue weighted by Gasteiger charge is -2.17. The zero-order valence-electron chi connectivity index (χ0n) is 8.05. The Morgan fingerprint density at radius 3 is 2.33 bits per heavy atom. The van der Waals surface area contributed by atoms with Crippen LogP contribution in [0.5, 0.6) is 0 Å². The van der Waals surface area contributed by atoms with Crippen molar-refractivity contribution >= 4 is 5.91 Å². The van der Waals surface area contributed by atoms with Crippen molar-refractivity contribution in [2.75, 3.05) is 7.05 Å². The molecule has 3 nitrogen and oxygen atoms in total. The standard InChI is InChI=1S/C9H18N2O/c1-6(2)8(9(10)12)5-7(3)11-4/h6,8,11H,3,5H2,1-2,4H3,(H2,10,12)/t8-/m1/s1. The van der Waals surface area contributed by atoms with Gasteiger partial charge in [-0.2, -0.15) is 0 Å².